The summed E-state index contributed by atoms with van der Waals surface area (Å²) in [5, 5.41) is 10.6. The van der Waals surface area contributed by atoms with Gasteiger partial charge in [0, 0.05) is 23.0 Å². The fourth-order valence-electron chi connectivity index (χ4n) is 1.02. The standard InChI is InChI=1S/C10H9ClO3/c11-8-3-1-2-7(6-8)9(12)4-5-10(13)14/h1-3,6H,4-5H2,(H,13,14)/p-1. The van der Waals surface area contributed by atoms with Crippen LogP contribution in [0.1, 0.15) is 23.2 Å². The summed E-state index contributed by atoms with van der Waals surface area (Å²) in [6.45, 7) is 0. The average molecular weight is 212 g/mol. The van der Waals surface area contributed by atoms with Crippen LogP contribution in [0.2, 0.25) is 5.02 Å². The van der Waals surface area contributed by atoms with E-state index in [2.05, 4.69) is 0 Å². The molecule has 0 bridgehead atoms. The van der Waals surface area contributed by atoms with Crippen LogP contribution in [0.25, 0.3) is 0 Å². The van der Waals surface area contributed by atoms with E-state index in [1.165, 1.54) is 6.07 Å². The Morgan fingerprint density at radius 2 is 2.00 bits per heavy atom. The van der Waals surface area contributed by atoms with Crippen molar-refractivity contribution in [1.29, 1.82) is 0 Å². The van der Waals surface area contributed by atoms with Crippen molar-refractivity contribution in [1.82, 2.24) is 0 Å². The highest BCUT2D eigenvalue weighted by atomic mass is 35.5. The molecule has 0 amide bonds. The molecule has 0 saturated heterocycles. The fourth-order valence-corrected chi connectivity index (χ4v) is 1.21. The molecule has 0 spiro atoms. The number of hydrogen-bond donors (Lipinski definition) is 0. The summed E-state index contributed by atoms with van der Waals surface area (Å²) >= 11 is 5.67. The number of carbonyl (C=O) groups excluding carboxylic acids is 2. The van der Waals surface area contributed by atoms with E-state index in [1.807, 2.05) is 0 Å². The van der Waals surface area contributed by atoms with Gasteiger partial charge in [0.1, 0.15) is 0 Å². The Labute approximate surface area is 86.3 Å². The molecule has 4 heteroatoms. The van der Waals surface area contributed by atoms with E-state index < -0.39 is 5.97 Å². The number of carboxylic acids is 1. The Bertz CT molecular complexity index is 360. The molecule has 3 nitrogen and oxygen atoms in total. The zero-order valence-electron chi connectivity index (χ0n) is 7.33. The monoisotopic (exact) mass is 211 g/mol. The number of rotatable bonds is 4. The summed E-state index contributed by atoms with van der Waals surface area (Å²) in [6, 6.07) is 6.41. The summed E-state index contributed by atoms with van der Waals surface area (Å²) in [5.41, 5.74) is 0.429. The number of ketones is 1. The molecule has 1 aromatic rings. The minimum Gasteiger partial charge on any atom is -0.550 e. The van der Waals surface area contributed by atoms with Crippen LogP contribution in [-0.2, 0) is 4.79 Å². The Balaban J connectivity index is 2.65. The van der Waals surface area contributed by atoms with Crippen LogP contribution in [0.4, 0.5) is 0 Å². The second-order valence-corrected chi connectivity index (χ2v) is 3.24. The van der Waals surface area contributed by atoms with Gasteiger partial charge in [-0.25, -0.2) is 0 Å². The number of Topliss-reactive ketones (excluding diaryl/α,β-unsaturated/α-hetero) is 1. The van der Waals surface area contributed by atoms with Crippen molar-refractivity contribution < 1.29 is 14.7 Å². The predicted octanol–water partition coefficient (Wildman–Crippen LogP) is 1.05. The van der Waals surface area contributed by atoms with Crippen LogP contribution in [0.15, 0.2) is 24.3 Å². The van der Waals surface area contributed by atoms with Crippen LogP contribution in [0.3, 0.4) is 0 Å². The van der Waals surface area contributed by atoms with E-state index in [4.69, 9.17) is 11.6 Å². The molecule has 0 unspecified atom stereocenters. The third-order valence-electron chi connectivity index (χ3n) is 1.70. The number of benzene rings is 1. The molecule has 0 saturated carbocycles. The second kappa shape index (κ2) is 4.77. The van der Waals surface area contributed by atoms with Gasteiger partial charge in [-0.15, -0.1) is 0 Å². The Kier molecular flexibility index (Phi) is 3.65. The topological polar surface area (TPSA) is 57.2 Å². The number of aliphatic carboxylic acids is 1. The minimum atomic E-state index is -1.22. The van der Waals surface area contributed by atoms with Crippen LogP contribution < -0.4 is 5.11 Å². The Hall–Kier alpha value is -1.35. The average Bonchev–Trinajstić information content (AvgIpc) is 2.14. The Morgan fingerprint density at radius 1 is 1.29 bits per heavy atom. The fraction of sp³-hybridized carbons (Fsp3) is 0.200. The lowest BCUT2D eigenvalue weighted by molar-refractivity contribution is -0.305. The van der Waals surface area contributed by atoms with Crippen molar-refractivity contribution in [2.24, 2.45) is 0 Å². The first-order chi connectivity index (χ1) is 6.59. The number of carbonyl (C=O) groups is 2. The molecule has 1 rings (SSSR count). The van der Waals surface area contributed by atoms with E-state index in [-0.39, 0.29) is 18.6 Å². The molecule has 0 aliphatic rings. The van der Waals surface area contributed by atoms with Gasteiger partial charge in [0.15, 0.2) is 5.78 Å². The molecule has 0 aliphatic heterocycles. The first-order valence-corrected chi connectivity index (χ1v) is 4.46. The third-order valence-corrected chi connectivity index (χ3v) is 1.94. The zero-order valence-corrected chi connectivity index (χ0v) is 8.08. The predicted molar refractivity (Wildman–Crippen MR) is 50.0 cm³/mol. The van der Waals surface area contributed by atoms with Gasteiger partial charge >= 0.3 is 0 Å². The summed E-state index contributed by atoms with van der Waals surface area (Å²) in [5.74, 6) is -1.46. The van der Waals surface area contributed by atoms with E-state index in [9.17, 15) is 14.7 Å². The van der Waals surface area contributed by atoms with Gasteiger partial charge in [-0.3, -0.25) is 4.79 Å². The highest BCUT2D eigenvalue weighted by Crippen LogP contribution is 2.12. The maximum atomic E-state index is 11.4. The second-order valence-electron chi connectivity index (χ2n) is 2.81. The van der Waals surface area contributed by atoms with Crippen molar-refractivity contribution in [2.75, 3.05) is 0 Å². The molecule has 0 heterocycles. The van der Waals surface area contributed by atoms with Crippen LogP contribution in [0.5, 0.6) is 0 Å². The molecule has 14 heavy (non-hydrogen) atoms. The van der Waals surface area contributed by atoms with Crippen molar-refractivity contribution in [3.63, 3.8) is 0 Å². The molecule has 0 atom stereocenters. The SMILES string of the molecule is O=C([O-])CCC(=O)c1cccc(Cl)c1. The normalized spacial score (nSPS) is 9.79. The lowest BCUT2D eigenvalue weighted by Gasteiger charge is -2.02. The van der Waals surface area contributed by atoms with Gasteiger partial charge in [0.05, 0.1) is 0 Å². The quantitative estimate of drug-likeness (QED) is 0.700. The maximum Gasteiger partial charge on any atom is 0.163 e. The minimum absolute atomic E-state index is 0.0529. The van der Waals surface area contributed by atoms with Gasteiger partial charge in [0.2, 0.25) is 0 Å². The first kappa shape index (κ1) is 10.7. The smallest absolute Gasteiger partial charge is 0.163 e. The van der Waals surface area contributed by atoms with Gasteiger partial charge < -0.3 is 9.90 Å². The molecule has 0 aromatic heterocycles. The van der Waals surface area contributed by atoms with Crippen molar-refractivity contribution in [2.45, 2.75) is 12.8 Å². The van der Waals surface area contributed by atoms with Gasteiger partial charge in [-0.05, 0) is 18.6 Å². The molecular formula is C10H8ClO3-. The summed E-state index contributed by atoms with van der Waals surface area (Å²) in [7, 11) is 0. The summed E-state index contributed by atoms with van der Waals surface area (Å²) in [6.07, 6.45) is -0.311. The summed E-state index contributed by atoms with van der Waals surface area (Å²) < 4.78 is 0. The number of halogens is 1. The van der Waals surface area contributed by atoms with Crippen molar-refractivity contribution in [3.05, 3.63) is 34.9 Å². The highest BCUT2D eigenvalue weighted by molar-refractivity contribution is 6.31. The molecule has 0 N–H and O–H groups in total. The number of carboxylic acid groups (broad SMARTS) is 1. The van der Waals surface area contributed by atoms with E-state index >= 15 is 0 Å². The Morgan fingerprint density at radius 3 is 2.57 bits per heavy atom. The molecular weight excluding hydrogens is 204 g/mol. The zero-order chi connectivity index (χ0) is 10.6. The highest BCUT2D eigenvalue weighted by Gasteiger charge is 2.05. The largest absolute Gasteiger partial charge is 0.550 e. The van der Waals surface area contributed by atoms with Crippen LogP contribution >= 0.6 is 11.6 Å². The van der Waals surface area contributed by atoms with Crippen molar-refractivity contribution in [3.8, 4) is 0 Å². The van der Waals surface area contributed by atoms with Gasteiger partial charge in [-0.2, -0.15) is 0 Å². The van der Waals surface area contributed by atoms with Gasteiger partial charge in [-0.1, -0.05) is 23.7 Å². The van der Waals surface area contributed by atoms with E-state index in [0.29, 0.717) is 10.6 Å². The van der Waals surface area contributed by atoms with Gasteiger partial charge in [0.25, 0.3) is 0 Å². The lowest BCUT2D eigenvalue weighted by atomic mass is 10.1. The molecule has 1 aromatic carbocycles. The van der Waals surface area contributed by atoms with E-state index in [0.717, 1.165) is 0 Å². The maximum absolute atomic E-state index is 11.4. The van der Waals surface area contributed by atoms with Crippen LogP contribution in [0, 0.1) is 0 Å². The van der Waals surface area contributed by atoms with Crippen LogP contribution in [-0.4, -0.2) is 11.8 Å². The van der Waals surface area contributed by atoms with E-state index in [1.54, 1.807) is 18.2 Å². The molecule has 0 aliphatic carbocycles. The molecule has 0 radical (unpaired) electrons. The van der Waals surface area contributed by atoms with Crippen molar-refractivity contribution >= 4 is 23.4 Å². The molecule has 0 fully saturated rings. The third kappa shape index (κ3) is 3.18. The molecule has 74 valence electrons. The summed E-state index contributed by atoms with van der Waals surface area (Å²) in [4.78, 5) is 21.5. The lowest BCUT2D eigenvalue weighted by Crippen LogP contribution is -2.22. The first-order valence-electron chi connectivity index (χ1n) is 4.08. The number of hydrogen-bond acceptors (Lipinski definition) is 3.